The molecule has 3 heteroatoms. The van der Waals surface area contributed by atoms with Gasteiger partial charge in [-0.05, 0) is 33.2 Å². The van der Waals surface area contributed by atoms with E-state index in [1.54, 1.807) is 0 Å². The Labute approximate surface area is 85.7 Å². The summed E-state index contributed by atoms with van der Waals surface area (Å²) in [5.74, 6) is -0.131. The van der Waals surface area contributed by atoms with Crippen LogP contribution in [-0.2, 0) is 9.53 Å². The molecule has 0 fully saturated rings. The highest BCUT2D eigenvalue weighted by molar-refractivity contribution is 5.71. The minimum atomic E-state index is -0.131. The third kappa shape index (κ3) is 3.50. The molecule has 1 aliphatic rings. The second-order valence-electron chi connectivity index (χ2n) is 3.65. The van der Waals surface area contributed by atoms with Crippen LogP contribution in [0.5, 0.6) is 0 Å². The monoisotopic (exact) mass is 197 g/mol. The molecule has 1 unspecified atom stereocenters. The van der Waals surface area contributed by atoms with Crippen LogP contribution >= 0.6 is 0 Å². The van der Waals surface area contributed by atoms with Crippen LogP contribution in [0.2, 0.25) is 0 Å². The number of carbonyl (C=O) groups excluding carboxylic acids is 1. The molecule has 1 atom stereocenters. The maximum atomic E-state index is 11.2. The lowest BCUT2D eigenvalue weighted by molar-refractivity contribution is -0.144. The van der Waals surface area contributed by atoms with Crippen LogP contribution in [-0.4, -0.2) is 37.1 Å². The fourth-order valence-electron chi connectivity index (χ4n) is 1.69. The number of carbonyl (C=O) groups is 1. The van der Waals surface area contributed by atoms with Crippen molar-refractivity contribution >= 4 is 5.97 Å². The third-order valence-electron chi connectivity index (χ3n) is 2.48. The number of esters is 1. The Hall–Kier alpha value is -0.830. The smallest absolute Gasteiger partial charge is 0.320 e. The van der Waals surface area contributed by atoms with Gasteiger partial charge in [0.1, 0.15) is 0 Å². The number of nitrogens with zero attached hydrogens (tertiary/aromatic N) is 1. The van der Waals surface area contributed by atoms with Gasteiger partial charge in [0.05, 0.1) is 13.2 Å². The number of likely N-dealkylation sites (N-methyl/N-ethyl adjacent to an activating group) is 1. The molecule has 0 saturated carbocycles. The zero-order chi connectivity index (χ0) is 10.4. The van der Waals surface area contributed by atoms with Crippen LogP contribution in [0, 0.1) is 0 Å². The van der Waals surface area contributed by atoms with E-state index in [-0.39, 0.29) is 5.97 Å². The first-order chi connectivity index (χ1) is 6.74. The Kier molecular flexibility index (Phi) is 4.66. The van der Waals surface area contributed by atoms with Crippen molar-refractivity contribution in [2.75, 3.05) is 20.2 Å². The zero-order valence-electron chi connectivity index (χ0n) is 9.03. The molecule has 0 heterocycles. The van der Waals surface area contributed by atoms with Crippen LogP contribution in [0.1, 0.15) is 26.2 Å². The number of hydrogen-bond acceptors (Lipinski definition) is 3. The molecule has 0 aromatic carbocycles. The van der Waals surface area contributed by atoms with Crippen molar-refractivity contribution in [1.82, 2.24) is 4.90 Å². The molecule has 0 bridgehead atoms. The van der Waals surface area contributed by atoms with E-state index in [0.29, 0.717) is 19.2 Å². The second-order valence-corrected chi connectivity index (χ2v) is 3.65. The minimum absolute atomic E-state index is 0.131. The molecule has 0 aromatic rings. The third-order valence-corrected chi connectivity index (χ3v) is 2.48. The van der Waals surface area contributed by atoms with Crippen molar-refractivity contribution in [2.24, 2.45) is 0 Å². The van der Waals surface area contributed by atoms with Crippen molar-refractivity contribution in [2.45, 2.75) is 32.2 Å². The first kappa shape index (κ1) is 11.2. The molecular weight excluding hydrogens is 178 g/mol. The molecule has 80 valence electrons. The maximum absolute atomic E-state index is 11.2. The van der Waals surface area contributed by atoms with Crippen molar-refractivity contribution < 1.29 is 9.53 Å². The van der Waals surface area contributed by atoms with E-state index in [4.69, 9.17) is 4.74 Å². The van der Waals surface area contributed by atoms with Crippen molar-refractivity contribution in [1.29, 1.82) is 0 Å². The van der Waals surface area contributed by atoms with Crippen LogP contribution in [0.15, 0.2) is 12.2 Å². The summed E-state index contributed by atoms with van der Waals surface area (Å²) in [4.78, 5) is 13.3. The Balaban J connectivity index is 2.32. The summed E-state index contributed by atoms with van der Waals surface area (Å²) in [6.45, 7) is 2.69. The van der Waals surface area contributed by atoms with E-state index in [1.165, 1.54) is 12.8 Å². The Morgan fingerprint density at radius 2 is 2.43 bits per heavy atom. The summed E-state index contributed by atoms with van der Waals surface area (Å²) < 4.78 is 4.90. The summed E-state index contributed by atoms with van der Waals surface area (Å²) in [5.41, 5.74) is 0. The molecule has 0 N–H and O–H groups in total. The normalized spacial score (nSPS) is 21.2. The molecule has 0 radical (unpaired) electrons. The molecule has 1 aliphatic carbocycles. The van der Waals surface area contributed by atoms with Gasteiger partial charge in [-0.3, -0.25) is 9.69 Å². The fraction of sp³-hybridized carbons (Fsp3) is 0.727. The van der Waals surface area contributed by atoms with Crippen LogP contribution in [0.25, 0.3) is 0 Å². The topological polar surface area (TPSA) is 29.5 Å². The number of rotatable bonds is 4. The van der Waals surface area contributed by atoms with Crippen LogP contribution in [0.4, 0.5) is 0 Å². The quantitative estimate of drug-likeness (QED) is 0.506. The molecule has 1 rings (SSSR count). The Morgan fingerprint density at radius 1 is 1.64 bits per heavy atom. The van der Waals surface area contributed by atoms with Gasteiger partial charge in [0.2, 0.25) is 0 Å². The lowest BCUT2D eigenvalue weighted by Crippen LogP contribution is -2.36. The molecule has 14 heavy (non-hydrogen) atoms. The first-order valence-electron chi connectivity index (χ1n) is 5.26. The summed E-state index contributed by atoms with van der Waals surface area (Å²) in [6.07, 6.45) is 7.91. The molecule has 0 spiro atoms. The molecule has 3 nitrogen and oxygen atoms in total. The average molecular weight is 197 g/mol. The van der Waals surface area contributed by atoms with Crippen molar-refractivity contribution in [3.05, 3.63) is 12.2 Å². The maximum Gasteiger partial charge on any atom is 0.320 e. The van der Waals surface area contributed by atoms with Gasteiger partial charge < -0.3 is 4.74 Å². The van der Waals surface area contributed by atoms with Crippen LogP contribution < -0.4 is 0 Å². The van der Waals surface area contributed by atoms with Crippen molar-refractivity contribution in [3.8, 4) is 0 Å². The van der Waals surface area contributed by atoms with Crippen molar-refractivity contribution in [3.63, 3.8) is 0 Å². The van der Waals surface area contributed by atoms with E-state index in [2.05, 4.69) is 12.2 Å². The average Bonchev–Trinajstić information content (AvgIpc) is 2.19. The zero-order valence-corrected chi connectivity index (χ0v) is 9.03. The second kappa shape index (κ2) is 5.81. The lowest BCUT2D eigenvalue weighted by atomic mass is 10.0. The van der Waals surface area contributed by atoms with Gasteiger partial charge in [-0.25, -0.2) is 0 Å². The summed E-state index contributed by atoms with van der Waals surface area (Å²) in [7, 11) is 1.97. The van der Waals surface area contributed by atoms with Gasteiger partial charge in [-0.15, -0.1) is 0 Å². The van der Waals surface area contributed by atoms with E-state index in [1.807, 2.05) is 18.9 Å². The first-order valence-corrected chi connectivity index (χ1v) is 5.26. The number of ether oxygens (including phenoxy) is 1. The molecule has 0 saturated heterocycles. The number of allylic oxidation sites excluding steroid dienone is 1. The fourth-order valence-corrected chi connectivity index (χ4v) is 1.69. The van der Waals surface area contributed by atoms with E-state index < -0.39 is 0 Å². The van der Waals surface area contributed by atoms with Gasteiger partial charge in [-0.2, -0.15) is 0 Å². The lowest BCUT2D eigenvalue weighted by Gasteiger charge is -2.26. The van der Waals surface area contributed by atoms with Gasteiger partial charge >= 0.3 is 5.97 Å². The Bertz CT molecular complexity index is 213. The van der Waals surface area contributed by atoms with E-state index in [0.717, 1.165) is 6.42 Å². The molecule has 0 aromatic heterocycles. The summed E-state index contributed by atoms with van der Waals surface area (Å²) >= 11 is 0. The predicted octanol–water partition coefficient (Wildman–Crippen LogP) is 1.59. The largest absolute Gasteiger partial charge is 0.465 e. The Morgan fingerprint density at radius 3 is 3.00 bits per heavy atom. The van der Waals surface area contributed by atoms with Crippen LogP contribution in [0.3, 0.4) is 0 Å². The van der Waals surface area contributed by atoms with Gasteiger partial charge in [0, 0.05) is 6.04 Å². The van der Waals surface area contributed by atoms with Gasteiger partial charge in [0.15, 0.2) is 0 Å². The highest BCUT2D eigenvalue weighted by Crippen LogP contribution is 2.14. The highest BCUT2D eigenvalue weighted by Gasteiger charge is 2.16. The highest BCUT2D eigenvalue weighted by atomic mass is 16.5. The molecule has 0 amide bonds. The number of hydrogen-bond donors (Lipinski definition) is 0. The van der Waals surface area contributed by atoms with E-state index in [9.17, 15) is 4.79 Å². The minimum Gasteiger partial charge on any atom is -0.465 e. The predicted molar refractivity (Wildman–Crippen MR) is 56.0 cm³/mol. The SMILES string of the molecule is CCOC(=O)CN(C)C1C=CCCC1. The summed E-state index contributed by atoms with van der Waals surface area (Å²) in [6, 6.07) is 0.410. The van der Waals surface area contributed by atoms with E-state index >= 15 is 0 Å². The standard InChI is InChI=1S/C11H19NO2/c1-3-14-11(13)9-12(2)10-7-5-4-6-8-10/h5,7,10H,3-4,6,8-9H2,1-2H3. The van der Waals surface area contributed by atoms with Gasteiger partial charge in [-0.1, -0.05) is 12.2 Å². The molecule has 0 aliphatic heterocycles. The molecular formula is C11H19NO2. The van der Waals surface area contributed by atoms with Gasteiger partial charge in [0.25, 0.3) is 0 Å². The summed E-state index contributed by atoms with van der Waals surface area (Å²) in [5, 5.41) is 0.